The van der Waals surface area contributed by atoms with Crippen LogP contribution in [0.2, 0.25) is 0 Å². The third kappa shape index (κ3) is 7.28. The number of hydrogen-bond donors (Lipinski definition) is 2. The summed E-state index contributed by atoms with van der Waals surface area (Å²) in [5.74, 6) is -3.25. The fourth-order valence-electron chi connectivity index (χ4n) is 5.30. The van der Waals surface area contributed by atoms with Crippen LogP contribution < -0.4 is 16.2 Å². The largest absolute Gasteiger partial charge is 0.461 e. The number of nitrogens with zero attached hydrogens (tertiary/aromatic N) is 1. The van der Waals surface area contributed by atoms with Crippen molar-refractivity contribution >= 4 is 17.6 Å². The Labute approximate surface area is 243 Å². The molecule has 0 saturated heterocycles. The van der Waals surface area contributed by atoms with Gasteiger partial charge >= 0.3 is 5.97 Å². The minimum atomic E-state index is -0.991. The topological polar surface area (TPSA) is 89.4 Å². The fourth-order valence-corrected chi connectivity index (χ4v) is 5.30. The minimum absolute atomic E-state index is 0.0172. The van der Waals surface area contributed by atoms with E-state index in [4.69, 9.17) is 4.74 Å². The molecule has 4 rings (SSSR count). The van der Waals surface area contributed by atoms with E-state index in [2.05, 4.69) is 10.6 Å². The third-order valence-corrected chi connectivity index (χ3v) is 7.36. The molecular formula is C32H36F3N3O4. The molecule has 2 N–H and O–H groups in total. The lowest BCUT2D eigenvalue weighted by Gasteiger charge is -2.22. The van der Waals surface area contributed by atoms with Gasteiger partial charge < -0.3 is 15.4 Å². The average molecular weight is 584 g/mol. The van der Waals surface area contributed by atoms with Gasteiger partial charge in [0.1, 0.15) is 29.5 Å². The standard InChI is InChI=1S/C32H36F3N3O4/c1-19(2)16-27(32(41)42-23-6-4-5-7-23)37-15-14-20-17-25(34)29(26(35)18-20)38-28(39)13-12-24(31(38)36-3)30(40)21-8-10-22(33)11-9-21/h8-13,17-19,23,27,36-37H,4-7,14-16H2,1-3H3/t27-/m0/s1. The number of rotatable bonds is 12. The number of esters is 1. The molecule has 224 valence electrons. The number of ketones is 1. The highest BCUT2D eigenvalue weighted by Gasteiger charge is 2.26. The number of ether oxygens (including phenoxy) is 1. The van der Waals surface area contributed by atoms with Gasteiger partial charge in [0.15, 0.2) is 17.4 Å². The molecule has 0 radical (unpaired) electrons. The van der Waals surface area contributed by atoms with Crippen molar-refractivity contribution in [3.05, 3.63) is 93.0 Å². The van der Waals surface area contributed by atoms with E-state index in [1.807, 2.05) is 13.8 Å². The quantitative estimate of drug-likeness (QED) is 0.214. The molecule has 0 unspecified atom stereocenters. The molecule has 0 spiro atoms. The molecule has 0 bridgehead atoms. The third-order valence-electron chi connectivity index (χ3n) is 7.36. The molecule has 3 aromatic rings. The Morgan fingerprint density at radius 3 is 2.24 bits per heavy atom. The number of hydrogen-bond acceptors (Lipinski definition) is 6. The highest BCUT2D eigenvalue weighted by Crippen LogP contribution is 2.26. The van der Waals surface area contributed by atoms with Crippen LogP contribution in [-0.4, -0.2) is 42.1 Å². The number of halogens is 3. The van der Waals surface area contributed by atoms with Crippen molar-refractivity contribution in [2.45, 2.75) is 64.5 Å². The van der Waals surface area contributed by atoms with Crippen LogP contribution in [0.3, 0.4) is 0 Å². The second kappa shape index (κ2) is 13.8. The van der Waals surface area contributed by atoms with Crippen molar-refractivity contribution in [2.24, 2.45) is 5.92 Å². The summed E-state index contributed by atoms with van der Waals surface area (Å²) in [6, 6.07) is 8.87. The van der Waals surface area contributed by atoms with Gasteiger partial charge in [0, 0.05) is 18.7 Å². The van der Waals surface area contributed by atoms with Crippen molar-refractivity contribution in [3.63, 3.8) is 0 Å². The SMILES string of the molecule is CNc1c(C(=O)c2ccc(F)cc2)ccc(=O)n1-c1c(F)cc(CCN[C@@H](CC(C)C)C(=O)OC2CCCC2)cc1F. The van der Waals surface area contributed by atoms with Crippen molar-refractivity contribution < 1.29 is 27.5 Å². The number of aromatic nitrogens is 1. The number of benzene rings is 2. The lowest BCUT2D eigenvalue weighted by Crippen LogP contribution is -2.41. The molecule has 0 amide bonds. The monoisotopic (exact) mass is 583 g/mol. The Hall–Kier alpha value is -3.92. The van der Waals surface area contributed by atoms with Gasteiger partial charge in [0.25, 0.3) is 5.56 Å². The number of nitrogens with one attached hydrogen (secondary N) is 2. The van der Waals surface area contributed by atoms with Crippen molar-refractivity contribution in [1.29, 1.82) is 0 Å². The maximum absolute atomic E-state index is 15.5. The van der Waals surface area contributed by atoms with Gasteiger partial charge in [0.05, 0.1) is 5.56 Å². The van der Waals surface area contributed by atoms with Crippen LogP contribution in [-0.2, 0) is 16.0 Å². The van der Waals surface area contributed by atoms with Gasteiger partial charge in [-0.2, -0.15) is 0 Å². The highest BCUT2D eigenvalue weighted by molar-refractivity contribution is 6.12. The molecule has 2 aromatic carbocycles. The van der Waals surface area contributed by atoms with Gasteiger partial charge in [-0.25, -0.2) is 13.2 Å². The molecule has 42 heavy (non-hydrogen) atoms. The predicted octanol–water partition coefficient (Wildman–Crippen LogP) is 5.56. The summed E-state index contributed by atoms with van der Waals surface area (Å²) < 4.78 is 50.7. The molecular weight excluding hydrogens is 547 g/mol. The second-order valence-corrected chi connectivity index (χ2v) is 11.0. The van der Waals surface area contributed by atoms with Crippen LogP contribution in [0.1, 0.15) is 67.4 Å². The first-order chi connectivity index (χ1) is 20.1. The minimum Gasteiger partial charge on any atom is -0.461 e. The smallest absolute Gasteiger partial charge is 0.323 e. The number of anilines is 1. The maximum Gasteiger partial charge on any atom is 0.323 e. The average Bonchev–Trinajstić information content (AvgIpc) is 3.45. The maximum atomic E-state index is 15.5. The van der Waals surface area contributed by atoms with E-state index in [1.54, 1.807) is 0 Å². The van der Waals surface area contributed by atoms with Crippen molar-refractivity contribution in [2.75, 3.05) is 18.9 Å². The first-order valence-corrected chi connectivity index (χ1v) is 14.2. The van der Waals surface area contributed by atoms with Gasteiger partial charge in [-0.3, -0.25) is 19.0 Å². The summed E-state index contributed by atoms with van der Waals surface area (Å²) in [6.45, 7) is 4.29. The normalized spacial score (nSPS) is 14.3. The number of carbonyl (C=O) groups excluding carboxylic acids is 2. The molecule has 1 atom stereocenters. The Balaban J connectivity index is 1.55. The number of carbonyl (C=O) groups is 2. The Bertz CT molecular complexity index is 1460. The van der Waals surface area contributed by atoms with E-state index in [0.29, 0.717) is 12.0 Å². The molecule has 1 aliphatic rings. The van der Waals surface area contributed by atoms with E-state index in [9.17, 15) is 18.8 Å². The first-order valence-electron chi connectivity index (χ1n) is 14.2. The zero-order valence-electron chi connectivity index (χ0n) is 24.0. The lowest BCUT2D eigenvalue weighted by molar-refractivity contribution is -0.151. The van der Waals surface area contributed by atoms with E-state index >= 15 is 8.78 Å². The fraction of sp³-hybridized carbons (Fsp3) is 0.406. The van der Waals surface area contributed by atoms with E-state index in [1.165, 1.54) is 25.2 Å². The summed E-state index contributed by atoms with van der Waals surface area (Å²) >= 11 is 0. The van der Waals surface area contributed by atoms with Crippen LogP contribution in [0, 0.1) is 23.4 Å². The van der Waals surface area contributed by atoms with Crippen molar-refractivity contribution in [3.8, 4) is 5.69 Å². The van der Waals surface area contributed by atoms with Gasteiger partial charge in [0.2, 0.25) is 0 Å². The second-order valence-electron chi connectivity index (χ2n) is 11.0. The molecule has 10 heteroatoms. The molecule has 1 aromatic heterocycles. The first kappa shape index (κ1) is 31.0. The van der Waals surface area contributed by atoms with E-state index in [0.717, 1.165) is 60.6 Å². The summed E-state index contributed by atoms with van der Waals surface area (Å²) in [6.07, 6.45) is 4.56. The summed E-state index contributed by atoms with van der Waals surface area (Å²) in [5, 5.41) is 5.89. The Morgan fingerprint density at radius 1 is 1.00 bits per heavy atom. The lowest BCUT2D eigenvalue weighted by atomic mass is 10.0. The number of pyridine rings is 1. The Morgan fingerprint density at radius 2 is 1.64 bits per heavy atom. The molecule has 7 nitrogen and oxygen atoms in total. The van der Waals surface area contributed by atoms with Crippen LogP contribution in [0.15, 0.2) is 53.3 Å². The van der Waals surface area contributed by atoms with Gasteiger partial charge in [-0.15, -0.1) is 0 Å². The Kier molecular flexibility index (Phi) is 10.2. The molecule has 0 aliphatic heterocycles. The van der Waals surface area contributed by atoms with Crippen LogP contribution >= 0.6 is 0 Å². The molecule has 1 aliphatic carbocycles. The molecule has 1 fully saturated rings. The summed E-state index contributed by atoms with van der Waals surface area (Å²) in [4.78, 5) is 38.8. The zero-order valence-corrected chi connectivity index (χ0v) is 24.0. The summed E-state index contributed by atoms with van der Waals surface area (Å²) in [7, 11) is 1.42. The zero-order chi connectivity index (χ0) is 30.4. The van der Waals surface area contributed by atoms with Crippen molar-refractivity contribution in [1.82, 2.24) is 9.88 Å². The highest BCUT2D eigenvalue weighted by atomic mass is 19.1. The van der Waals surface area contributed by atoms with Crippen LogP contribution in [0.4, 0.5) is 19.0 Å². The van der Waals surface area contributed by atoms with Gasteiger partial charge in [-0.1, -0.05) is 13.8 Å². The summed E-state index contributed by atoms with van der Waals surface area (Å²) in [5.41, 5.74) is -0.931. The van der Waals surface area contributed by atoms with E-state index in [-0.39, 0.29) is 47.9 Å². The predicted molar refractivity (Wildman–Crippen MR) is 155 cm³/mol. The molecule has 1 heterocycles. The molecule has 1 saturated carbocycles. The van der Waals surface area contributed by atoms with Crippen LogP contribution in [0.5, 0.6) is 0 Å². The van der Waals surface area contributed by atoms with Gasteiger partial charge in [-0.05, 0) is 99.0 Å². The van der Waals surface area contributed by atoms with Crippen LogP contribution in [0.25, 0.3) is 5.69 Å². The van der Waals surface area contributed by atoms with E-state index < -0.39 is 40.5 Å².